The molecule has 4 heteroatoms. The first-order chi connectivity index (χ1) is 10.8. The number of ether oxygens (including phenoxy) is 1. The van der Waals surface area contributed by atoms with E-state index in [0.717, 1.165) is 54.6 Å². The van der Waals surface area contributed by atoms with Gasteiger partial charge in [0.1, 0.15) is 11.3 Å². The van der Waals surface area contributed by atoms with Gasteiger partial charge in [-0.25, -0.2) is 0 Å². The van der Waals surface area contributed by atoms with Crippen molar-refractivity contribution in [1.82, 2.24) is 10.3 Å². The van der Waals surface area contributed by atoms with Crippen molar-refractivity contribution in [2.45, 2.75) is 26.2 Å². The van der Waals surface area contributed by atoms with Crippen LogP contribution in [0.25, 0.3) is 10.9 Å². The smallest absolute Gasteiger partial charge is 0.167 e. The zero-order chi connectivity index (χ0) is 15.4. The van der Waals surface area contributed by atoms with Crippen LogP contribution >= 0.6 is 0 Å². The standard InChI is InChI=1S/C18H22N2O2/c1-2-11-22-16-8-7-15(14-6-4-10-20-17(14)16)18(21)13-5-3-9-19-12-13/h4,6-8,10,13,19H,2-3,5,9,11-12H2,1H3. The maximum absolute atomic E-state index is 12.8. The monoisotopic (exact) mass is 298 g/mol. The van der Waals surface area contributed by atoms with Crippen LogP contribution in [0.4, 0.5) is 0 Å². The van der Waals surface area contributed by atoms with Crippen molar-refractivity contribution >= 4 is 16.7 Å². The number of hydrogen-bond donors (Lipinski definition) is 1. The first-order valence-electron chi connectivity index (χ1n) is 8.06. The molecule has 1 aliphatic rings. The second kappa shape index (κ2) is 6.88. The van der Waals surface area contributed by atoms with E-state index < -0.39 is 0 Å². The summed E-state index contributed by atoms with van der Waals surface area (Å²) in [5.41, 5.74) is 1.55. The summed E-state index contributed by atoms with van der Waals surface area (Å²) in [5.74, 6) is 1.04. The Morgan fingerprint density at radius 3 is 3.09 bits per heavy atom. The summed E-state index contributed by atoms with van der Waals surface area (Å²) in [6, 6.07) is 7.62. The van der Waals surface area contributed by atoms with Gasteiger partial charge in [0.25, 0.3) is 0 Å². The largest absolute Gasteiger partial charge is 0.491 e. The molecule has 2 aromatic rings. The molecule has 1 aliphatic heterocycles. The lowest BCUT2D eigenvalue weighted by atomic mass is 9.89. The molecule has 0 aliphatic carbocycles. The minimum Gasteiger partial charge on any atom is -0.491 e. The van der Waals surface area contributed by atoms with Crippen molar-refractivity contribution in [3.8, 4) is 5.75 Å². The SMILES string of the molecule is CCCOc1ccc(C(=O)C2CCCNC2)c2cccnc12. The van der Waals surface area contributed by atoms with Crippen molar-refractivity contribution < 1.29 is 9.53 Å². The molecule has 1 atom stereocenters. The van der Waals surface area contributed by atoms with Gasteiger partial charge in [-0.1, -0.05) is 13.0 Å². The van der Waals surface area contributed by atoms with E-state index >= 15 is 0 Å². The number of benzene rings is 1. The number of Topliss-reactive ketones (excluding diaryl/α,β-unsaturated/α-hetero) is 1. The molecule has 0 saturated carbocycles. The molecule has 0 bridgehead atoms. The molecule has 3 rings (SSSR count). The maximum atomic E-state index is 12.8. The third kappa shape index (κ3) is 2.97. The van der Waals surface area contributed by atoms with Crippen molar-refractivity contribution in [2.24, 2.45) is 5.92 Å². The van der Waals surface area contributed by atoms with E-state index in [4.69, 9.17) is 4.74 Å². The van der Waals surface area contributed by atoms with Crippen LogP contribution in [-0.4, -0.2) is 30.5 Å². The van der Waals surface area contributed by atoms with Gasteiger partial charge < -0.3 is 10.1 Å². The number of nitrogens with zero attached hydrogens (tertiary/aromatic N) is 1. The lowest BCUT2D eigenvalue weighted by Gasteiger charge is -2.22. The number of hydrogen-bond acceptors (Lipinski definition) is 4. The number of piperidine rings is 1. The molecule has 1 fully saturated rings. The molecular weight excluding hydrogens is 276 g/mol. The molecule has 1 aromatic carbocycles. The number of nitrogens with one attached hydrogen (secondary N) is 1. The Labute approximate surface area is 130 Å². The highest BCUT2D eigenvalue weighted by Gasteiger charge is 2.24. The molecule has 1 aromatic heterocycles. The molecule has 116 valence electrons. The van der Waals surface area contributed by atoms with Gasteiger partial charge in [0.2, 0.25) is 0 Å². The van der Waals surface area contributed by atoms with Crippen LogP contribution in [0.3, 0.4) is 0 Å². The Kier molecular flexibility index (Phi) is 4.68. The minimum absolute atomic E-state index is 0.0690. The topological polar surface area (TPSA) is 51.2 Å². The van der Waals surface area contributed by atoms with Crippen LogP contribution in [0.15, 0.2) is 30.5 Å². The lowest BCUT2D eigenvalue weighted by molar-refractivity contribution is 0.0901. The van der Waals surface area contributed by atoms with Crippen molar-refractivity contribution in [1.29, 1.82) is 0 Å². The normalized spacial score (nSPS) is 18.3. The summed E-state index contributed by atoms with van der Waals surface area (Å²) in [6.45, 7) is 4.51. The Morgan fingerprint density at radius 2 is 2.32 bits per heavy atom. The van der Waals surface area contributed by atoms with Crippen molar-refractivity contribution in [2.75, 3.05) is 19.7 Å². The van der Waals surface area contributed by atoms with E-state index in [9.17, 15) is 4.79 Å². The fraction of sp³-hybridized carbons (Fsp3) is 0.444. The molecule has 0 radical (unpaired) electrons. The number of rotatable bonds is 5. The Hall–Kier alpha value is -1.94. The fourth-order valence-corrected chi connectivity index (χ4v) is 2.99. The van der Waals surface area contributed by atoms with Gasteiger partial charge >= 0.3 is 0 Å². The third-order valence-electron chi connectivity index (χ3n) is 4.13. The molecule has 1 N–H and O–H groups in total. The van der Waals surface area contributed by atoms with E-state index in [2.05, 4.69) is 17.2 Å². The van der Waals surface area contributed by atoms with Gasteiger partial charge in [-0.2, -0.15) is 0 Å². The van der Waals surface area contributed by atoms with Gasteiger partial charge in [-0.15, -0.1) is 0 Å². The second-order valence-corrected chi connectivity index (χ2v) is 5.77. The van der Waals surface area contributed by atoms with E-state index in [1.807, 2.05) is 24.3 Å². The van der Waals surface area contributed by atoms with E-state index in [0.29, 0.717) is 6.61 Å². The van der Waals surface area contributed by atoms with Crippen molar-refractivity contribution in [3.63, 3.8) is 0 Å². The predicted octanol–water partition coefficient (Wildman–Crippen LogP) is 3.21. The average molecular weight is 298 g/mol. The first-order valence-corrected chi connectivity index (χ1v) is 8.06. The second-order valence-electron chi connectivity index (χ2n) is 5.77. The molecule has 22 heavy (non-hydrogen) atoms. The third-order valence-corrected chi connectivity index (χ3v) is 4.13. The van der Waals surface area contributed by atoms with Crippen molar-refractivity contribution in [3.05, 3.63) is 36.0 Å². The summed E-state index contributed by atoms with van der Waals surface area (Å²) in [6.07, 6.45) is 4.71. The zero-order valence-corrected chi connectivity index (χ0v) is 13.0. The van der Waals surface area contributed by atoms with E-state index in [-0.39, 0.29) is 11.7 Å². The number of carbonyl (C=O) groups is 1. The molecule has 1 unspecified atom stereocenters. The highest BCUT2D eigenvalue weighted by atomic mass is 16.5. The van der Waals surface area contributed by atoms with Crippen LogP contribution < -0.4 is 10.1 Å². The predicted molar refractivity (Wildman–Crippen MR) is 87.5 cm³/mol. The molecule has 4 nitrogen and oxygen atoms in total. The first kappa shape index (κ1) is 15.0. The Balaban J connectivity index is 1.98. The van der Waals surface area contributed by atoms with Gasteiger partial charge in [-0.05, 0) is 44.0 Å². The summed E-state index contributed by atoms with van der Waals surface area (Å²) in [4.78, 5) is 17.3. The summed E-state index contributed by atoms with van der Waals surface area (Å²) in [7, 11) is 0. The zero-order valence-electron chi connectivity index (χ0n) is 13.0. The van der Waals surface area contributed by atoms with Crippen LogP contribution in [0.2, 0.25) is 0 Å². The van der Waals surface area contributed by atoms with Crippen LogP contribution in [-0.2, 0) is 0 Å². The Bertz CT molecular complexity index is 663. The van der Waals surface area contributed by atoms with Crippen LogP contribution in [0, 0.1) is 5.92 Å². The summed E-state index contributed by atoms with van der Waals surface area (Å²) in [5, 5.41) is 4.21. The Morgan fingerprint density at radius 1 is 1.41 bits per heavy atom. The molecular formula is C18H22N2O2. The molecule has 1 saturated heterocycles. The number of pyridine rings is 1. The van der Waals surface area contributed by atoms with Crippen LogP contribution in [0.5, 0.6) is 5.75 Å². The van der Waals surface area contributed by atoms with Crippen LogP contribution in [0.1, 0.15) is 36.5 Å². The quantitative estimate of drug-likeness (QED) is 0.861. The van der Waals surface area contributed by atoms with Gasteiger partial charge in [0.05, 0.1) is 6.61 Å². The maximum Gasteiger partial charge on any atom is 0.167 e. The summed E-state index contributed by atoms with van der Waals surface area (Å²) < 4.78 is 5.76. The molecule has 0 spiro atoms. The van der Waals surface area contributed by atoms with Gasteiger partial charge in [-0.3, -0.25) is 9.78 Å². The van der Waals surface area contributed by atoms with E-state index in [1.54, 1.807) is 6.20 Å². The van der Waals surface area contributed by atoms with Gasteiger partial charge in [0.15, 0.2) is 5.78 Å². The number of fused-ring (bicyclic) bond motifs is 1. The van der Waals surface area contributed by atoms with E-state index in [1.165, 1.54) is 0 Å². The summed E-state index contributed by atoms with van der Waals surface area (Å²) >= 11 is 0. The minimum atomic E-state index is 0.0690. The molecule has 2 heterocycles. The fourth-order valence-electron chi connectivity index (χ4n) is 2.99. The highest BCUT2D eigenvalue weighted by Crippen LogP contribution is 2.29. The number of aromatic nitrogens is 1. The van der Waals surface area contributed by atoms with Gasteiger partial charge in [0, 0.05) is 29.6 Å². The molecule has 0 amide bonds. The highest BCUT2D eigenvalue weighted by molar-refractivity contribution is 6.09. The lowest BCUT2D eigenvalue weighted by Crippen LogP contribution is -2.34. The number of carbonyl (C=O) groups excluding carboxylic acids is 1. The number of ketones is 1. The average Bonchev–Trinajstić information content (AvgIpc) is 2.60.